The first-order chi connectivity index (χ1) is 12.3. The van der Waals surface area contributed by atoms with E-state index in [-0.39, 0.29) is 17.6 Å². The molecule has 0 aliphatic heterocycles. The van der Waals surface area contributed by atoms with Crippen molar-refractivity contribution >= 4 is 52.6 Å². The molecule has 0 aliphatic carbocycles. The van der Waals surface area contributed by atoms with Gasteiger partial charge in [0.1, 0.15) is 5.76 Å². The van der Waals surface area contributed by atoms with E-state index in [1.807, 2.05) is 6.07 Å². The molecule has 1 atom stereocenters. The van der Waals surface area contributed by atoms with Crippen LogP contribution in [0.2, 0.25) is 10.0 Å². The first-order valence-electron chi connectivity index (χ1n) is 7.91. The van der Waals surface area contributed by atoms with Crippen molar-refractivity contribution in [1.29, 1.82) is 0 Å². The van der Waals surface area contributed by atoms with Gasteiger partial charge in [0.15, 0.2) is 5.82 Å². The van der Waals surface area contributed by atoms with E-state index in [1.54, 1.807) is 32.0 Å². The average molecular weight is 416 g/mol. The molecular weight excluding hydrogens is 397 g/mol. The molecule has 1 aromatic carbocycles. The quantitative estimate of drug-likeness (QED) is 0.686. The summed E-state index contributed by atoms with van der Waals surface area (Å²) < 4.78 is 4.89. The Hall–Kier alpha value is -1.70. The second-order valence-electron chi connectivity index (χ2n) is 5.60. The van der Waals surface area contributed by atoms with E-state index in [9.17, 15) is 9.59 Å². The number of rotatable bonds is 8. The van der Waals surface area contributed by atoms with E-state index in [4.69, 9.17) is 27.7 Å². The fraction of sp³-hybridized carbons (Fsp3) is 0.353. The highest BCUT2D eigenvalue weighted by molar-refractivity contribution is 8.01. The fourth-order valence-electron chi connectivity index (χ4n) is 2.04. The Bertz CT molecular complexity index is 782. The maximum atomic E-state index is 12.0. The number of hydrogen-bond donors (Lipinski definition) is 2. The van der Waals surface area contributed by atoms with Crippen molar-refractivity contribution < 1.29 is 14.1 Å². The monoisotopic (exact) mass is 415 g/mol. The predicted octanol–water partition coefficient (Wildman–Crippen LogP) is 3.71. The van der Waals surface area contributed by atoms with Crippen molar-refractivity contribution in [2.45, 2.75) is 25.5 Å². The van der Waals surface area contributed by atoms with Crippen molar-refractivity contribution in [2.75, 3.05) is 17.6 Å². The summed E-state index contributed by atoms with van der Waals surface area (Å²) in [5.74, 6) is 0.784. The minimum absolute atomic E-state index is 0.142. The first kappa shape index (κ1) is 20.6. The number of aryl methyl sites for hydroxylation is 1. The molecule has 0 saturated carbocycles. The lowest BCUT2D eigenvalue weighted by atomic mass is 10.1. The molecule has 0 radical (unpaired) electrons. The summed E-state index contributed by atoms with van der Waals surface area (Å²) in [7, 11) is 0. The van der Waals surface area contributed by atoms with Gasteiger partial charge in [-0.2, -0.15) is 0 Å². The highest BCUT2D eigenvalue weighted by atomic mass is 35.5. The molecule has 0 spiro atoms. The van der Waals surface area contributed by atoms with Crippen LogP contribution in [0.3, 0.4) is 0 Å². The second kappa shape index (κ2) is 9.85. The molecule has 6 nitrogen and oxygen atoms in total. The molecule has 26 heavy (non-hydrogen) atoms. The standard InChI is InChI=1S/C17H19Cl2N3O3S/c1-10-7-15(22-25-10)21-17(24)11(2)26-9-16(23)20-6-5-12-3-4-13(18)8-14(12)19/h3-4,7-8,11H,5-6,9H2,1-2H3,(H,20,23)(H,21,22,24)/t11-/m1/s1. The SMILES string of the molecule is Cc1cc(NC(=O)[C@@H](C)SCC(=O)NCCc2ccc(Cl)cc2Cl)no1. The van der Waals surface area contributed by atoms with Crippen molar-refractivity contribution in [2.24, 2.45) is 0 Å². The van der Waals surface area contributed by atoms with Gasteiger partial charge in [0.05, 0.1) is 11.0 Å². The van der Waals surface area contributed by atoms with E-state index in [0.29, 0.717) is 34.6 Å². The minimum atomic E-state index is -0.400. The summed E-state index contributed by atoms with van der Waals surface area (Å²) in [6, 6.07) is 6.90. The highest BCUT2D eigenvalue weighted by Crippen LogP contribution is 2.21. The Balaban J connectivity index is 1.68. The van der Waals surface area contributed by atoms with Crippen molar-refractivity contribution in [3.05, 3.63) is 45.6 Å². The molecule has 0 unspecified atom stereocenters. The maximum Gasteiger partial charge on any atom is 0.238 e. The van der Waals surface area contributed by atoms with Gasteiger partial charge in [0, 0.05) is 22.7 Å². The smallest absolute Gasteiger partial charge is 0.238 e. The molecule has 2 amide bonds. The van der Waals surface area contributed by atoms with E-state index in [0.717, 1.165) is 5.56 Å². The minimum Gasteiger partial charge on any atom is -0.360 e. The lowest BCUT2D eigenvalue weighted by Gasteiger charge is -2.11. The fourth-order valence-corrected chi connectivity index (χ4v) is 3.26. The largest absolute Gasteiger partial charge is 0.360 e. The van der Waals surface area contributed by atoms with Crippen LogP contribution < -0.4 is 10.6 Å². The number of nitrogens with zero attached hydrogens (tertiary/aromatic N) is 1. The molecule has 140 valence electrons. The molecular formula is C17H19Cl2N3O3S. The van der Waals surface area contributed by atoms with Crippen molar-refractivity contribution in [3.8, 4) is 0 Å². The zero-order valence-electron chi connectivity index (χ0n) is 14.3. The molecule has 1 heterocycles. The van der Waals surface area contributed by atoms with Crippen LogP contribution >= 0.6 is 35.0 Å². The summed E-state index contributed by atoms with van der Waals surface area (Å²) in [5, 5.41) is 9.91. The highest BCUT2D eigenvalue weighted by Gasteiger charge is 2.16. The van der Waals surface area contributed by atoms with Crippen LogP contribution in [0.4, 0.5) is 5.82 Å². The number of amides is 2. The number of anilines is 1. The number of thioether (sulfide) groups is 1. The van der Waals surface area contributed by atoms with Gasteiger partial charge in [-0.3, -0.25) is 9.59 Å². The summed E-state index contributed by atoms with van der Waals surface area (Å²) in [6.45, 7) is 3.93. The van der Waals surface area contributed by atoms with Crippen molar-refractivity contribution in [1.82, 2.24) is 10.5 Å². The third-order valence-corrected chi connectivity index (χ3v) is 5.17. The van der Waals surface area contributed by atoms with Gasteiger partial charge < -0.3 is 15.2 Å². The van der Waals surface area contributed by atoms with Crippen LogP contribution in [0.15, 0.2) is 28.8 Å². The van der Waals surface area contributed by atoms with Crippen LogP contribution in [0.25, 0.3) is 0 Å². The Kier molecular flexibility index (Phi) is 7.81. The third-order valence-electron chi connectivity index (χ3n) is 3.44. The van der Waals surface area contributed by atoms with Gasteiger partial charge in [0.2, 0.25) is 11.8 Å². The Morgan fingerprint density at radius 3 is 2.73 bits per heavy atom. The predicted molar refractivity (Wildman–Crippen MR) is 105 cm³/mol. The average Bonchev–Trinajstić information content (AvgIpc) is 2.99. The molecule has 0 bridgehead atoms. The normalized spacial score (nSPS) is 11.8. The number of nitrogens with one attached hydrogen (secondary N) is 2. The van der Waals surface area contributed by atoms with Crippen LogP contribution in [0.1, 0.15) is 18.2 Å². The number of carbonyl (C=O) groups excluding carboxylic acids is 2. The van der Waals surface area contributed by atoms with Crippen molar-refractivity contribution in [3.63, 3.8) is 0 Å². The number of benzene rings is 1. The molecule has 0 aliphatic rings. The number of aromatic nitrogens is 1. The zero-order valence-corrected chi connectivity index (χ0v) is 16.7. The number of halogens is 2. The molecule has 0 saturated heterocycles. The molecule has 9 heteroatoms. The van der Waals surface area contributed by atoms with Gasteiger partial charge in [0.25, 0.3) is 0 Å². The lowest BCUT2D eigenvalue weighted by molar-refractivity contribution is -0.118. The summed E-state index contributed by atoms with van der Waals surface area (Å²) in [6.07, 6.45) is 0.605. The van der Waals surface area contributed by atoms with E-state index in [2.05, 4.69) is 15.8 Å². The molecule has 2 N–H and O–H groups in total. The Morgan fingerprint density at radius 1 is 1.31 bits per heavy atom. The summed E-state index contributed by atoms with van der Waals surface area (Å²) >= 11 is 13.2. The topological polar surface area (TPSA) is 84.2 Å². The van der Waals surface area contributed by atoms with Gasteiger partial charge in [-0.1, -0.05) is 34.4 Å². The molecule has 2 rings (SSSR count). The van der Waals surface area contributed by atoms with Gasteiger partial charge >= 0.3 is 0 Å². The van der Waals surface area contributed by atoms with E-state index >= 15 is 0 Å². The van der Waals surface area contributed by atoms with Crippen LogP contribution in [-0.4, -0.2) is 34.5 Å². The van der Waals surface area contributed by atoms with E-state index < -0.39 is 5.25 Å². The van der Waals surface area contributed by atoms with Gasteiger partial charge in [-0.05, 0) is 38.0 Å². The molecule has 1 aromatic heterocycles. The van der Waals surface area contributed by atoms with Gasteiger partial charge in [-0.15, -0.1) is 11.8 Å². The van der Waals surface area contributed by atoms with Crippen LogP contribution in [0.5, 0.6) is 0 Å². The van der Waals surface area contributed by atoms with E-state index in [1.165, 1.54) is 11.8 Å². The maximum absolute atomic E-state index is 12.0. The number of hydrogen-bond acceptors (Lipinski definition) is 5. The Morgan fingerprint density at radius 2 is 2.08 bits per heavy atom. The lowest BCUT2D eigenvalue weighted by Crippen LogP contribution is -2.30. The molecule has 2 aromatic rings. The summed E-state index contributed by atoms with van der Waals surface area (Å²) in [4.78, 5) is 23.9. The van der Waals surface area contributed by atoms with Crippen LogP contribution in [0, 0.1) is 6.92 Å². The van der Waals surface area contributed by atoms with Gasteiger partial charge in [-0.25, -0.2) is 0 Å². The first-order valence-corrected chi connectivity index (χ1v) is 9.72. The second-order valence-corrected chi connectivity index (χ2v) is 7.77. The zero-order chi connectivity index (χ0) is 19.1. The molecule has 0 fully saturated rings. The third kappa shape index (κ3) is 6.55. The van der Waals surface area contributed by atoms with Crippen LogP contribution in [-0.2, 0) is 16.0 Å². The number of carbonyl (C=O) groups is 2. The Labute approximate surface area is 166 Å². The summed E-state index contributed by atoms with van der Waals surface area (Å²) in [5.41, 5.74) is 0.916.